The number of ether oxygens (including phenoxy) is 1. The minimum Gasteiger partial charge on any atom is -0.494 e. The molecule has 0 atom stereocenters. The van der Waals surface area contributed by atoms with Crippen molar-refractivity contribution in [3.63, 3.8) is 0 Å². The van der Waals surface area contributed by atoms with Gasteiger partial charge in [0, 0.05) is 28.2 Å². The Labute approximate surface area is 170 Å². The number of nitrogens with zero attached hydrogens (tertiary/aromatic N) is 2. The molecule has 0 bridgehead atoms. The molecule has 0 radical (unpaired) electrons. The number of rotatable bonds is 6. The Morgan fingerprint density at radius 3 is 2.47 bits per heavy atom. The molecular weight excluding hydrogens is 392 g/mol. The fraction of sp³-hybridized carbons (Fsp3) is 0.0909. The van der Waals surface area contributed by atoms with E-state index in [1.165, 1.54) is 7.11 Å². The summed E-state index contributed by atoms with van der Waals surface area (Å²) >= 11 is 0. The van der Waals surface area contributed by atoms with E-state index >= 15 is 0 Å². The second-order valence-corrected chi connectivity index (χ2v) is 6.70. The van der Waals surface area contributed by atoms with Gasteiger partial charge in [-0.3, -0.25) is 0 Å². The molecule has 1 aromatic heterocycles. The zero-order chi connectivity index (χ0) is 21.3. The summed E-state index contributed by atoms with van der Waals surface area (Å²) in [5.41, 5.74) is 2.64. The molecule has 4 aromatic rings. The number of nitro groups is 1. The molecular formula is C22H17F2N3O3. The number of hydrogen-bond donors (Lipinski definition) is 1. The lowest BCUT2D eigenvalue weighted by atomic mass is 10.1. The van der Waals surface area contributed by atoms with Gasteiger partial charge in [0.25, 0.3) is 0 Å². The SMILES string of the molecule is COc1ccc(-c2cc3cc(F)c(F)cc3[nH]2)cc1N(Cc1ccccc1)[N+](=O)[O-]. The van der Waals surface area contributed by atoms with Crippen molar-refractivity contribution in [2.24, 2.45) is 0 Å². The molecule has 1 heterocycles. The van der Waals surface area contributed by atoms with Crippen LogP contribution in [0, 0.1) is 21.7 Å². The van der Waals surface area contributed by atoms with Crippen molar-refractivity contribution >= 4 is 16.6 Å². The van der Waals surface area contributed by atoms with E-state index in [1.807, 2.05) is 18.2 Å². The molecule has 8 heteroatoms. The second-order valence-electron chi connectivity index (χ2n) is 6.70. The van der Waals surface area contributed by atoms with E-state index in [0.717, 1.165) is 22.7 Å². The summed E-state index contributed by atoms with van der Waals surface area (Å²) in [6.45, 7) is 0.0385. The highest BCUT2D eigenvalue weighted by Crippen LogP contribution is 2.35. The van der Waals surface area contributed by atoms with Gasteiger partial charge in [0.05, 0.1) is 7.11 Å². The zero-order valence-electron chi connectivity index (χ0n) is 15.9. The Bertz CT molecular complexity index is 1190. The maximum absolute atomic E-state index is 13.5. The number of halogens is 2. The first-order valence-electron chi connectivity index (χ1n) is 9.08. The Balaban J connectivity index is 1.78. The van der Waals surface area contributed by atoms with Crippen LogP contribution in [0.4, 0.5) is 14.5 Å². The first kappa shape index (κ1) is 19.4. The van der Waals surface area contributed by atoms with Crippen LogP contribution in [0.1, 0.15) is 5.56 Å². The first-order chi connectivity index (χ1) is 14.5. The normalized spacial score (nSPS) is 10.9. The molecule has 30 heavy (non-hydrogen) atoms. The molecule has 4 rings (SSSR count). The van der Waals surface area contributed by atoms with Crippen molar-refractivity contribution in [1.82, 2.24) is 4.98 Å². The van der Waals surface area contributed by atoms with E-state index in [1.54, 1.807) is 36.4 Å². The standard InChI is InChI=1S/C22H17F2N3O3/c1-30-22-8-7-15(19-10-16-9-17(23)18(24)12-20(16)25-19)11-21(22)26(27(28)29)13-14-5-3-2-4-6-14/h2-12,25H,13H2,1H3. The topological polar surface area (TPSA) is 71.4 Å². The van der Waals surface area contributed by atoms with Crippen LogP contribution in [0.5, 0.6) is 5.75 Å². The third-order valence-corrected chi connectivity index (χ3v) is 4.80. The van der Waals surface area contributed by atoms with Crippen LogP contribution in [0.3, 0.4) is 0 Å². The number of hydrogen-bond acceptors (Lipinski definition) is 3. The Morgan fingerprint density at radius 1 is 1.03 bits per heavy atom. The summed E-state index contributed by atoms with van der Waals surface area (Å²) in [7, 11) is 1.44. The molecule has 0 spiro atoms. The van der Waals surface area contributed by atoms with Crippen LogP contribution < -0.4 is 9.75 Å². The zero-order valence-corrected chi connectivity index (χ0v) is 15.9. The van der Waals surface area contributed by atoms with Gasteiger partial charge in [-0.15, -0.1) is 0 Å². The third-order valence-electron chi connectivity index (χ3n) is 4.80. The number of anilines is 1. The Kier molecular flexibility index (Phi) is 5.05. The highest BCUT2D eigenvalue weighted by Gasteiger charge is 2.23. The predicted molar refractivity (Wildman–Crippen MR) is 110 cm³/mol. The van der Waals surface area contributed by atoms with Gasteiger partial charge in [0.1, 0.15) is 18.0 Å². The summed E-state index contributed by atoms with van der Waals surface area (Å²) in [6, 6.07) is 17.9. The molecule has 0 amide bonds. The Morgan fingerprint density at radius 2 is 1.77 bits per heavy atom. The molecule has 152 valence electrons. The lowest BCUT2D eigenvalue weighted by molar-refractivity contribution is -0.496. The quantitative estimate of drug-likeness (QED) is 0.346. The maximum atomic E-state index is 13.5. The van der Waals surface area contributed by atoms with E-state index in [2.05, 4.69) is 4.98 Å². The van der Waals surface area contributed by atoms with Crippen LogP contribution in [0.25, 0.3) is 22.2 Å². The molecule has 6 nitrogen and oxygen atoms in total. The van der Waals surface area contributed by atoms with E-state index in [9.17, 15) is 18.9 Å². The number of aromatic amines is 1. The fourth-order valence-corrected chi connectivity index (χ4v) is 3.33. The van der Waals surface area contributed by atoms with Crippen LogP contribution in [0.2, 0.25) is 0 Å². The summed E-state index contributed by atoms with van der Waals surface area (Å²) in [4.78, 5) is 14.8. The lowest BCUT2D eigenvalue weighted by Gasteiger charge is -2.18. The molecule has 0 fully saturated rings. The van der Waals surface area contributed by atoms with Crippen molar-refractivity contribution in [2.45, 2.75) is 6.54 Å². The lowest BCUT2D eigenvalue weighted by Crippen LogP contribution is -2.29. The van der Waals surface area contributed by atoms with Crippen molar-refractivity contribution < 1.29 is 18.6 Å². The molecule has 0 aliphatic heterocycles. The smallest absolute Gasteiger partial charge is 0.165 e. The van der Waals surface area contributed by atoms with E-state index < -0.39 is 16.7 Å². The van der Waals surface area contributed by atoms with Gasteiger partial charge in [0.2, 0.25) is 0 Å². The summed E-state index contributed by atoms with van der Waals surface area (Å²) in [6.07, 6.45) is 0. The molecule has 0 saturated heterocycles. The number of fused-ring (bicyclic) bond motifs is 1. The second kappa shape index (κ2) is 7.82. The largest absolute Gasteiger partial charge is 0.494 e. The average molecular weight is 409 g/mol. The van der Waals surface area contributed by atoms with Crippen molar-refractivity contribution in [2.75, 3.05) is 12.1 Å². The van der Waals surface area contributed by atoms with Gasteiger partial charge < -0.3 is 9.72 Å². The molecule has 0 aliphatic carbocycles. The molecule has 3 aromatic carbocycles. The summed E-state index contributed by atoms with van der Waals surface area (Å²) in [5, 5.41) is 12.8. The minimum absolute atomic E-state index is 0.0385. The number of hydrazine groups is 1. The molecule has 0 unspecified atom stereocenters. The molecule has 0 aliphatic rings. The summed E-state index contributed by atoms with van der Waals surface area (Å²) < 4.78 is 32.4. The molecule has 1 N–H and O–H groups in total. The monoisotopic (exact) mass is 409 g/mol. The van der Waals surface area contributed by atoms with Gasteiger partial charge >= 0.3 is 0 Å². The van der Waals surface area contributed by atoms with Gasteiger partial charge in [0.15, 0.2) is 16.7 Å². The van der Waals surface area contributed by atoms with Crippen LogP contribution >= 0.6 is 0 Å². The Hall–Kier alpha value is -3.94. The van der Waals surface area contributed by atoms with Crippen molar-refractivity contribution in [3.8, 4) is 17.0 Å². The third kappa shape index (κ3) is 3.67. The first-order valence-corrected chi connectivity index (χ1v) is 9.08. The van der Waals surface area contributed by atoms with Gasteiger partial charge in [-0.05, 0) is 35.9 Å². The summed E-state index contributed by atoms with van der Waals surface area (Å²) in [5.74, 6) is -1.56. The molecule has 0 saturated carbocycles. The van der Waals surface area contributed by atoms with Gasteiger partial charge in [-0.1, -0.05) is 35.3 Å². The average Bonchev–Trinajstić information content (AvgIpc) is 3.15. The number of H-pyrrole nitrogens is 1. The maximum Gasteiger partial charge on any atom is 0.165 e. The van der Waals surface area contributed by atoms with Crippen LogP contribution in [-0.2, 0) is 6.54 Å². The van der Waals surface area contributed by atoms with Crippen LogP contribution in [-0.4, -0.2) is 17.1 Å². The van der Waals surface area contributed by atoms with Crippen molar-refractivity contribution in [3.05, 3.63) is 94.0 Å². The number of methoxy groups -OCH3 is 1. The fourth-order valence-electron chi connectivity index (χ4n) is 3.33. The number of benzene rings is 3. The van der Waals surface area contributed by atoms with E-state index in [-0.39, 0.29) is 12.2 Å². The highest BCUT2D eigenvalue weighted by molar-refractivity contribution is 5.86. The van der Waals surface area contributed by atoms with Gasteiger partial charge in [-0.25, -0.2) is 18.9 Å². The van der Waals surface area contributed by atoms with Crippen molar-refractivity contribution in [1.29, 1.82) is 0 Å². The van der Waals surface area contributed by atoms with Crippen LogP contribution in [0.15, 0.2) is 66.7 Å². The minimum atomic E-state index is -0.950. The number of aromatic nitrogens is 1. The highest BCUT2D eigenvalue weighted by atomic mass is 19.2. The van der Waals surface area contributed by atoms with E-state index in [0.29, 0.717) is 27.9 Å². The number of nitrogens with one attached hydrogen (secondary N) is 1. The predicted octanol–water partition coefficient (Wildman–Crippen LogP) is 5.32. The van der Waals surface area contributed by atoms with Gasteiger partial charge in [-0.2, -0.15) is 0 Å². The van der Waals surface area contributed by atoms with E-state index in [4.69, 9.17) is 4.74 Å².